The molecule has 4 heteroatoms. The third-order valence-corrected chi connectivity index (χ3v) is 4.26. The van der Waals surface area contributed by atoms with Crippen molar-refractivity contribution >= 4 is 17.5 Å². The lowest BCUT2D eigenvalue weighted by molar-refractivity contribution is 0.0899. The van der Waals surface area contributed by atoms with Gasteiger partial charge in [-0.25, -0.2) is 0 Å². The van der Waals surface area contributed by atoms with Crippen LogP contribution in [-0.2, 0) is 0 Å². The zero-order chi connectivity index (χ0) is 14.0. The van der Waals surface area contributed by atoms with E-state index in [0.29, 0.717) is 11.5 Å². The van der Waals surface area contributed by atoms with Crippen molar-refractivity contribution in [3.8, 4) is 5.75 Å². The van der Waals surface area contributed by atoms with Crippen LogP contribution in [0.15, 0.2) is 18.2 Å². The Hall–Kier alpha value is -1.22. The number of hydrogen-bond donors (Lipinski definition) is 2. The van der Waals surface area contributed by atoms with Crippen LogP contribution in [0, 0.1) is 11.8 Å². The van der Waals surface area contributed by atoms with Crippen LogP contribution in [0.5, 0.6) is 5.75 Å². The Balaban J connectivity index is 2.02. The van der Waals surface area contributed by atoms with Gasteiger partial charge in [-0.2, -0.15) is 0 Å². The first kappa shape index (κ1) is 14.2. The van der Waals surface area contributed by atoms with E-state index in [-0.39, 0.29) is 22.7 Å². The third-order valence-electron chi connectivity index (χ3n) is 3.96. The average molecular weight is 282 g/mol. The van der Waals surface area contributed by atoms with Crippen molar-refractivity contribution in [2.75, 3.05) is 0 Å². The SMILES string of the molecule is CC1CCC(NC(=O)c2ccc(O)c(Cl)c2)C(C)C1. The van der Waals surface area contributed by atoms with E-state index in [2.05, 4.69) is 19.2 Å². The summed E-state index contributed by atoms with van der Waals surface area (Å²) < 4.78 is 0. The monoisotopic (exact) mass is 281 g/mol. The first-order valence-electron chi connectivity index (χ1n) is 6.76. The molecule has 2 N–H and O–H groups in total. The van der Waals surface area contributed by atoms with E-state index in [1.807, 2.05) is 0 Å². The van der Waals surface area contributed by atoms with E-state index in [1.165, 1.54) is 12.1 Å². The minimum Gasteiger partial charge on any atom is -0.506 e. The Kier molecular flexibility index (Phi) is 4.35. The minimum absolute atomic E-state index is 0.00178. The molecule has 0 spiro atoms. The van der Waals surface area contributed by atoms with Crippen LogP contribution >= 0.6 is 11.6 Å². The number of hydrogen-bond acceptors (Lipinski definition) is 2. The maximum absolute atomic E-state index is 12.2. The Labute approximate surface area is 119 Å². The van der Waals surface area contributed by atoms with Gasteiger partial charge in [-0.1, -0.05) is 25.4 Å². The van der Waals surface area contributed by atoms with Gasteiger partial charge in [-0.15, -0.1) is 0 Å². The van der Waals surface area contributed by atoms with Gasteiger partial charge in [-0.05, 0) is 49.3 Å². The Morgan fingerprint density at radius 1 is 1.37 bits per heavy atom. The van der Waals surface area contributed by atoms with Crippen molar-refractivity contribution in [1.29, 1.82) is 0 Å². The van der Waals surface area contributed by atoms with E-state index in [0.717, 1.165) is 25.2 Å². The highest BCUT2D eigenvalue weighted by Crippen LogP contribution is 2.29. The standard InChI is InChI=1S/C15H20ClNO2/c1-9-3-5-13(10(2)7-9)17-15(19)11-4-6-14(18)12(16)8-11/h4,6,8-10,13,18H,3,5,7H2,1-2H3,(H,17,19). The lowest BCUT2D eigenvalue weighted by Crippen LogP contribution is -2.42. The first-order valence-corrected chi connectivity index (χ1v) is 7.14. The lowest BCUT2D eigenvalue weighted by Gasteiger charge is -2.33. The van der Waals surface area contributed by atoms with Crippen LogP contribution in [0.25, 0.3) is 0 Å². The maximum Gasteiger partial charge on any atom is 0.251 e. The summed E-state index contributed by atoms with van der Waals surface area (Å²) in [5.41, 5.74) is 0.494. The van der Waals surface area contributed by atoms with Gasteiger partial charge in [0.05, 0.1) is 5.02 Å². The average Bonchev–Trinajstić information content (AvgIpc) is 2.36. The zero-order valence-electron chi connectivity index (χ0n) is 11.3. The fraction of sp³-hybridized carbons (Fsp3) is 0.533. The number of benzene rings is 1. The number of aromatic hydroxyl groups is 1. The molecule has 1 aliphatic rings. The van der Waals surface area contributed by atoms with Gasteiger partial charge in [0, 0.05) is 11.6 Å². The summed E-state index contributed by atoms with van der Waals surface area (Å²) >= 11 is 5.82. The fourth-order valence-corrected chi connectivity index (χ4v) is 2.96. The minimum atomic E-state index is -0.117. The van der Waals surface area contributed by atoms with Gasteiger partial charge in [0.15, 0.2) is 0 Å². The molecule has 3 nitrogen and oxygen atoms in total. The highest BCUT2D eigenvalue weighted by Gasteiger charge is 2.26. The van der Waals surface area contributed by atoms with Crippen molar-refractivity contribution in [3.63, 3.8) is 0 Å². The summed E-state index contributed by atoms with van der Waals surface area (Å²) in [4.78, 5) is 12.2. The molecule has 0 aliphatic heterocycles. The zero-order valence-corrected chi connectivity index (χ0v) is 12.1. The molecule has 0 bridgehead atoms. The fourth-order valence-electron chi connectivity index (χ4n) is 2.78. The number of halogens is 1. The van der Waals surface area contributed by atoms with Crippen LogP contribution in [0.1, 0.15) is 43.5 Å². The molecule has 0 saturated heterocycles. The molecule has 1 fully saturated rings. The summed E-state index contributed by atoms with van der Waals surface area (Å²) in [6, 6.07) is 4.77. The van der Waals surface area contributed by atoms with Gasteiger partial charge in [-0.3, -0.25) is 4.79 Å². The second-order valence-corrected chi connectivity index (χ2v) is 6.05. The van der Waals surface area contributed by atoms with E-state index < -0.39 is 0 Å². The lowest BCUT2D eigenvalue weighted by atomic mass is 9.80. The van der Waals surface area contributed by atoms with Crippen molar-refractivity contribution in [1.82, 2.24) is 5.32 Å². The van der Waals surface area contributed by atoms with Crippen LogP contribution in [0.2, 0.25) is 5.02 Å². The summed E-state index contributed by atoms with van der Waals surface area (Å²) in [5.74, 6) is 1.12. The van der Waals surface area contributed by atoms with Crippen LogP contribution in [0.3, 0.4) is 0 Å². The van der Waals surface area contributed by atoms with E-state index >= 15 is 0 Å². The normalized spacial score (nSPS) is 27.0. The molecule has 2 rings (SSSR count). The Morgan fingerprint density at radius 2 is 2.11 bits per heavy atom. The number of rotatable bonds is 2. The molecule has 0 heterocycles. The van der Waals surface area contributed by atoms with Crippen molar-refractivity contribution < 1.29 is 9.90 Å². The molecule has 1 amide bonds. The molecular formula is C15H20ClNO2. The molecule has 1 aliphatic carbocycles. The predicted molar refractivity (Wildman–Crippen MR) is 76.6 cm³/mol. The van der Waals surface area contributed by atoms with Crippen molar-refractivity contribution in [2.45, 2.75) is 39.2 Å². The van der Waals surface area contributed by atoms with Crippen LogP contribution < -0.4 is 5.32 Å². The largest absolute Gasteiger partial charge is 0.506 e. The van der Waals surface area contributed by atoms with E-state index in [4.69, 9.17) is 11.6 Å². The summed E-state index contributed by atoms with van der Waals surface area (Å²) in [7, 11) is 0. The third kappa shape index (κ3) is 3.41. The Morgan fingerprint density at radius 3 is 2.74 bits per heavy atom. The summed E-state index contributed by atoms with van der Waals surface area (Å²) in [5, 5.41) is 12.6. The smallest absolute Gasteiger partial charge is 0.251 e. The number of phenols is 1. The molecule has 1 aromatic rings. The van der Waals surface area contributed by atoms with Gasteiger partial charge in [0.1, 0.15) is 5.75 Å². The molecule has 0 radical (unpaired) electrons. The Bertz CT molecular complexity index is 475. The van der Waals surface area contributed by atoms with Gasteiger partial charge < -0.3 is 10.4 Å². The second kappa shape index (κ2) is 5.83. The van der Waals surface area contributed by atoms with Gasteiger partial charge in [0.2, 0.25) is 0 Å². The van der Waals surface area contributed by atoms with Crippen LogP contribution in [0.4, 0.5) is 0 Å². The number of carbonyl (C=O) groups is 1. The van der Waals surface area contributed by atoms with Crippen molar-refractivity contribution in [3.05, 3.63) is 28.8 Å². The topological polar surface area (TPSA) is 49.3 Å². The molecule has 0 aromatic heterocycles. The number of amides is 1. The first-order chi connectivity index (χ1) is 8.97. The highest BCUT2D eigenvalue weighted by atomic mass is 35.5. The van der Waals surface area contributed by atoms with Gasteiger partial charge in [0.25, 0.3) is 5.91 Å². The molecule has 19 heavy (non-hydrogen) atoms. The quantitative estimate of drug-likeness (QED) is 0.870. The number of phenolic OH excluding ortho intramolecular Hbond substituents is 1. The molecular weight excluding hydrogens is 262 g/mol. The van der Waals surface area contributed by atoms with E-state index in [1.54, 1.807) is 6.07 Å². The number of carbonyl (C=O) groups excluding carboxylic acids is 1. The molecule has 1 aromatic carbocycles. The molecule has 1 saturated carbocycles. The molecule has 104 valence electrons. The highest BCUT2D eigenvalue weighted by molar-refractivity contribution is 6.32. The molecule has 3 unspecified atom stereocenters. The van der Waals surface area contributed by atoms with Crippen molar-refractivity contribution in [2.24, 2.45) is 11.8 Å². The van der Waals surface area contributed by atoms with E-state index in [9.17, 15) is 9.90 Å². The van der Waals surface area contributed by atoms with Crippen LogP contribution in [-0.4, -0.2) is 17.1 Å². The molecule has 3 atom stereocenters. The second-order valence-electron chi connectivity index (χ2n) is 5.64. The summed E-state index contributed by atoms with van der Waals surface area (Å²) in [6.45, 7) is 4.44. The van der Waals surface area contributed by atoms with Gasteiger partial charge >= 0.3 is 0 Å². The summed E-state index contributed by atoms with van der Waals surface area (Å²) in [6.07, 6.45) is 3.34. The predicted octanol–water partition coefficient (Wildman–Crippen LogP) is 3.60. The number of nitrogens with one attached hydrogen (secondary N) is 1. The maximum atomic E-state index is 12.2.